The first-order valence-electron chi connectivity index (χ1n) is 6.16. The summed E-state index contributed by atoms with van der Waals surface area (Å²) in [5.74, 6) is -0.788. The van der Waals surface area contributed by atoms with Gasteiger partial charge in [0.05, 0.1) is 17.1 Å². The Morgan fingerprint density at radius 3 is 2.70 bits per heavy atom. The van der Waals surface area contributed by atoms with E-state index in [0.29, 0.717) is 5.69 Å². The third kappa shape index (κ3) is 2.96. The largest absolute Gasteiger partial charge is 0.481 e. The molecule has 0 saturated carbocycles. The molecule has 0 unspecified atom stereocenters. The molecule has 5 nitrogen and oxygen atoms in total. The molecule has 1 heterocycles. The summed E-state index contributed by atoms with van der Waals surface area (Å²) >= 11 is 0. The zero-order valence-corrected chi connectivity index (χ0v) is 11.6. The number of anilines is 1. The number of aromatic nitrogens is 2. The van der Waals surface area contributed by atoms with Gasteiger partial charge in [-0.3, -0.25) is 9.48 Å². The number of nitrogens with zero attached hydrogens (tertiary/aromatic N) is 2. The molecule has 0 aliphatic carbocycles. The smallest absolute Gasteiger partial charge is 0.262 e. The van der Waals surface area contributed by atoms with Crippen molar-refractivity contribution in [2.24, 2.45) is 7.05 Å². The van der Waals surface area contributed by atoms with E-state index in [4.69, 9.17) is 4.74 Å². The fourth-order valence-corrected chi connectivity index (χ4v) is 1.84. The lowest BCUT2D eigenvalue weighted by molar-refractivity contribution is -0.118. The highest BCUT2D eigenvalue weighted by Gasteiger charge is 2.13. The number of nitrogens with one attached hydrogen (secondary N) is 1. The van der Waals surface area contributed by atoms with Gasteiger partial charge in [-0.1, -0.05) is 12.1 Å². The molecule has 1 aromatic heterocycles. The predicted molar refractivity (Wildman–Crippen MR) is 73.2 cm³/mol. The van der Waals surface area contributed by atoms with E-state index in [1.54, 1.807) is 30.8 Å². The lowest BCUT2D eigenvalue weighted by Gasteiger charge is -2.08. The monoisotopic (exact) mass is 277 g/mol. The van der Waals surface area contributed by atoms with Gasteiger partial charge in [-0.2, -0.15) is 5.10 Å². The number of hydrogen-bond donors (Lipinski definition) is 1. The number of benzene rings is 1. The maximum Gasteiger partial charge on any atom is 0.262 e. The van der Waals surface area contributed by atoms with Crippen molar-refractivity contribution in [1.82, 2.24) is 9.78 Å². The van der Waals surface area contributed by atoms with Gasteiger partial charge in [-0.05, 0) is 26.0 Å². The van der Waals surface area contributed by atoms with Crippen LogP contribution in [0.15, 0.2) is 24.3 Å². The fraction of sp³-hybridized carbons (Fsp3) is 0.286. The van der Waals surface area contributed by atoms with E-state index in [-0.39, 0.29) is 18.3 Å². The molecule has 2 rings (SSSR count). The Morgan fingerprint density at radius 2 is 2.10 bits per heavy atom. The third-order valence-electron chi connectivity index (χ3n) is 2.97. The zero-order chi connectivity index (χ0) is 14.7. The van der Waals surface area contributed by atoms with Gasteiger partial charge < -0.3 is 10.1 Å². The number of amides is 1. The minimum Gasteiger partial charge on any atom is -0.481 e. The molecule has 1 N–H and O–H groups in total. The van der Waals surface area contributed by atoms with E-state index in [1.165, 1.54) is 12.1 Å². The van der Waals surface area contributed by atoms with Crippen LogP contribution in [0.4, 0.5) is 10.1 Å². The molecule has 0 spiro atoms. The quantitative estimate of drug-likeness (QED) is 0.932. The van der Waals surface area contributed by atoms with Crippen molar-refractivity contribution in [3.8, 4) is 5.75 Å². The molecule has 20 heavy (non-hydrogen) atoms. The second-order valence-corrected chi connectivity index (χ2v) is 4.44. The molecule has 0 aliphatic rings. The van der Waals surface area contributed by atoms with E-state index in [9.17, 15) is 9.18 Å². The molecule has 0 fully saturated rings. The Bertz CT molecular complexity index is 637. The Balaban J connectivity index is 1.98. The summed E-state index contributed by atoms with van der Waals surface area (Å²) in [6, 6.07) is 5.96. The molecular formula is C14H16FN3O2. The molecule has 106 valence electrons. The van der Waals surface area contributed by atoms with Crippen molar-refractivity contribution in [1.29, 1.82) is 0 Å². The average molecular weight is 277 g/mol. The van der Waals surface area contributed by atoms with Crippen LogP contribution in [-0.2, 0) is 11.8 Å². The summed E-state index contributed by atoms with van der Waals surface area (Å²) in [4.78, 5) is 11.8. The lowest BCUT2D eigenvalue weighted by Crippen LogP contribution is -2.21. The minimum atomic E-state index is -0.492. The van der Waals surface area contributed by atoms with Crippen LogP contribution in [0.1, 0.15) is 11.4 Å². The molecule has 0 aliphatic heterocycles. The van der Waals surface area contributed by atoms with Crippen molar-refractivity contribution >= 4 is 11.6 Å². The van der Waals surface area contributed by atoms with Gasteiger partial charge in [0, 0.05) is 7.05 Å². The Kier molecular flexibility index (Phi) is 4.02. The molecular weight excluding hydrogens is 261 g/mol. The third-order valence-corrected chi connectivity index (χ3v) is 2.97. The van der Waals surface area contributed by atoms with Crippen LogP contribution in [0.5, 0.6) is 5.75 Å². The van der Waals surface area contributed by atoms with Crippen LogP contribution in [0, 0.1) is 19.7 Å². The van der Waals surface area contributed by atoms with Gasteiger partial charge >= 0.3 is 0 Å². The lowest BCUT2D eigenvalue weighted by atomic mass is 10.3. The van der Waals surface area contributed by atoms with Crippen molar-refractivity contribution in [2.45, 2.75) is 13.8 Å². The molecule has 0 radical (unpaired) electrons. The van der Waals surface area contributed by atoms with Gasteiger partial charge in [0.1, 0.15) is 0 Å². The number of aryl methyl sites for hydroxylation is 2. The Hall–Kier alpha value is -2.37. The normalized spacial score (nSPS) is 10.4. The molecule has 1 aromatic carbocycles. The van der Waals surface area contributed by atoms with Crippen LogP contribution in [0.3, 0.4) is 0 Å². The van der Waals surface area contributed by atoms with Crippen molar-refractivity contribution in [2.75, 3.05) is 11.9 Å². The molecule has 6 heteroatoms. The number of carbonyl (C=O) groups is 1. The maximum absolute atomic E-state index is 13.3. The zero-order valence-electron chi connectivity index (χ0n) is 11.6. The fourth-order valence-electron chi connectivity index (χ4n) is 1.84. The van der Waals surface area contributed by atoms with Crippen LogP contribution >= 0.6 is 0 Å². The molecule has 0 saturated heterocycles. The topological polar surface area (TPSA) is 56.2 Å². The molecule has 0 bridgehead atoms. The summed E-state index contributed by atoms with van der Waals surface area (Å²) in [7, 11) is 1.80. The van der Waals surface area contributed by atoms with E-state index in [1.807, 2.05) is 6.92 Å². The highest BCUT2D eigenvalue weighted by Crippen LogP contribution is 2.19. The number of halogens is 1. The Labute approximate surface area is 116 Å². The van der Waals surface area contributed by atoms with Crippen LogP contribution in [0.25, 0.3) is 0 Å². The van der Waals surface area contributed by atoms with Gasteiger partial charge in [0.2, 0.25) is 0 Å². The highest BCUT2D eigenvalue weighted by atomic mass is 19.1. The van der Waals surface area contributed by atoms with Gasteiger partial charge in [-0.25, -0.2) is 4.39 Å². The first kappa shape index (κ1) is 14.0. The molecule has 1 amide bonds. The first-order valence-corrected chi connectivity index (χ1v) is 6.16. The van der Waals surface area contributed by atoms with Crippen molar-refractivity contribution in [3.63, 3.8) is 0 Å². The summed E-state index contributed by atoms with van der Waals surface area (Å²) in [6.07, 6.45) is 0. The number of hydrogen-bond acceptors (Lipinski definition) is 3. The van der Waals surface area contributed by atoms with Crippen molar-refractivity contribution in [3.05, 3.63) is 41.5 Å². The Morgan fingerprint density at radius 1 is 1.40 bits per heavy atom. The summed E-state index contributed by atoms with van der Waals surface area (Å²) in [5.41, 5.74) is 2.24. The number of rotatable bonds is 4. The standard InChI is InChI=1S/C14H16FN3O2/c1-9-14(10(2)18(3)17-9)16-13(19)8-20-12-7-5-4-6-11(12)15/h4-7H,8H2,1-3H3,(H,16,19). The predicted octanol–water partition coefficient (Wildman–Crippen LogP) is 2.19. The van der Waals surface area contributed by atoms with Gasteiger partial charge in [0.15, 0.2) is 18.2 Å². The average Bonchev–Trinajstić information content (AvgIpc) is 2.64. The summed E-state index contributed by atoms with van der Waals surface area (Å²) in [6.45, 7) is 3.41. The SMILES string of the molecule is Cc1nn(C)c(C)c1NC(=O)COc1ccccc1F. The number of ether oxygens (including phenoxy) is 1. The van der Waals surface area contributed by atoms with Crippen molar-refractivity contribution < 1.29 is 13.9 Å². The summed E-state index contributed by atoms with van der Waals surface area (Å²) < 4.78 is 20.2. The van der Waals surface area contributed by atoms with E-state index < -0.39 is 5.82 Å². The number of para-hydroxylation sites is 1. The first-order chi connectivity index (χ1) is 9.49. The van der Waals surface area contributed by atoms with Gasteiger partial charge in [-0.15, -0.1) is 0 Å². The van der Waals surface area contributed by atoms with Crippen LogP contribution < -0.4 is 10.1 Å². The number of carbonyl (C=O) groups excluding carboxylic acids is 1. The van der Waals surface area contributed by atoms with E-state index in [2.05, 4.69) is 10.4 Å². The summed E-state index contributed by atoms with van der Waals surface area (Å²) in [5, 5.41) is 6.92. The molecule has 2 aromatic rings. The minimum absolute atomic E-state index is 0.0577. The van der Waals surface area contributed by atoms with E-state index in [0.717, 1.165) is 11.4 Å². The van der Waals surface area contributed by atoms with Gasteiger partial charge in [0.25, 0.3) is 5.91 Å². The van der Waals surface area contributed by atoms with Crippen LogP contribution in [0.2, 0.25) is 0 Å². The van der Waals surface area contributed by atoms with E-state index >= 15 is 0 Å². The highest BCUT2D eigenvalue weighted by molar-refractivity contribution is 5.93. The second kappa shape index (κ2) is 5.73. The second-order valence-electron chi connectivity index (χ2n) is 4.44. The molecule has 0 atom stereocenters. The van der Waals surface area contributed by atoms with Crippen LogP contribution in [-0.4, -0.2) is 22.3 Å². The maximum atomic E-state index is 13.3.